The van der Waals surface area contributed by atoms with Crippen molar-refractivity contribution in [2.45, 2.75) is 65.8 Å². The van der Waals surface area contributed by atoms with Crippen molar-refractivity contribution in [3.8, 4) is 0 Å². The summed E-state index contributed by atoms with van der Waals surface area (Å²) in [5.41, 5.74) is 0.220. The molecule has 0 saturated carbocycles. The van der Waals surface area contributed by atoms with E-state index in [0.29, 0.717) is 30.2 Å². The number of hydrogen-bond donors (Lipinski definition) is 1. The molecule has 3 heteroatoms. The molecule has 116 valence electrons. The lowest BCUT2D eigenvalue weighted by Crippen LogP contribution is -2.46. The number of nitrogens with zero attached hydrogens (tertiary/aromatic N) is 1. The molecular formula is C17H32N2O. The lowest BCUT2D eigenvalue weighted by atomic mass is 9.79. The van der Waals surface area contributed by atoms with Crippen LogP contribution in [-0.2, 0) is 4.79 Å². The maximum Gasteiger partial charge on any atom is 0.222 e. The van der Waals surface area contributed by atoms with Crippen molar-refractivity contribution < 1.29 is 4.79 Å². The average Bonchev–Trinajstić information content (AvgIpc) is 2.91. The molecule has 2 fully saturated rings. The summed E-state index contributed by atoms with van der Waals surface area (Å²) in [7, 11) is 0. The van der Waals surface area contributed by atoms with Gasteiger partial charge in [-0.05, 0) is 49.5 Å². The zero-order valence-corrected chi connectivity index (χ0v) is 13.7. The van der Waals surface area contributed by atoms with Crippen molar-refractivity contribution >= 4 is 5.91 Å². The third kappa shape index (κ3) is 3.97. The van der Waals surface area contributed by atoms with Crippen LogP contribution in [0.25, 0.3) is 0 Å². The zero-order valence-electron chi connectivity index (χ0n) is 13.7. The van der Waals surface area contributed by atoms with Crippen molar-refractivity contribution in [3.05, 3.63) is 0 Å². The van der Waals surface area contributed by atoms with E-state index >= 15 is 0 Å². The van der Waals surface area contributed by atoms with Gasteiger partial charge in [-0.15, -0.1) is 0 Å². The largest absolute Gasteiger partial charge is 0.342 e. The second-order valence-corrected chi connectivity index (χ2v) is 7.92. The fourth-order valence-electron chi connectivity index (χ4n) is 3.38. The third-order valence-electron chi connectivity index (χ3n) is 5.44. The maximum atomic E-state index is 12.5. The minimum Gasteiger partial charge on any atom is -0.342 e. The van der Waals surface area contributed by atoms with Gasteiger partial charge in [0.05, 0.1) is 0 Å². The molecule has 1 amide bonds. The summed E-state index contributed by atoms with van der Waals surface area (Å²) in [4.78, 5) is 14.7. The number of amides is 1. The maximum absolute atomic E-state index is 12.5. The van der Waals surface area contributed by atoms with Gasteiger partial charge in [-0.3, -0.25) is 4.79 Å². The van der Waals surface area contributed by atoms with Crippen LogP contribution < -0.4 is 5.32 Å². The minimum atomic E-state index is 0.220. The van der Waals surface area contributed by atoms with Gasteiger partial charge in [-0.25, -0.2) is 0 Å². The summed E-state index contributed by atoms with van der Waals surface area (Å²) in [6, 6.07) is 0.658. The van der Waals surface area contributed by atoms with Gasteiger partial charge in [0, 0.05) is 25.6 Å². The Labute approximate surface area is 124 Å². The fraction of sp³-hybridized carbons (Fsp3) is 0.941. The fourth-order valence-corrected chi connectivity index (χ4v) is 3.38. The van der Waals surface area contributed by atoms with Crippen molar-refractivity contribution in [3.63, 3.8) is 0 Å². The monoisotopic (exact) mass is 280 g/mol. The van der Waals surface area contributed by atoms with Crippen molar-refractivity contribution in [2.24, 2.45) is 17.3 Å². The average molecular weight is 280 g/mol. The smallest absolute Gasteiger partial charge is 0.222 e. The molecule has 2 heterocycles. The summed E-state index contributed by atoms with van der Waals surface area (Å²) in [5, 5.41) is 3.61. The molecule has 0 aromatic rings. The van der Waals surface area contributed by atoms with E-state index in [4.69, 9.17) is 0 Å². The highest BCUT2D eigenvalue weighted by molar-refractivity contribution is 5.76. The zero-order chi connectivity index (χ0) is 14.8. The molecule has 3 nitrogen and oxygen atoms in total. The van der Waals surface area contributed by atoms with Gasteiger partial charge in [-0.1, -0.05) is 27.7 Å². The van der Waals surface area contributed by atoms with Gasteiger partial charge in [-0.2, -0.15) is 0 Å². The van der Waals surface area contributed by atoms with E-state index in [9.17, 15) is 4.79 Å². The van der Waals surface area contributed by atoms with Crippen LogP contribution in [0.1, 0.15) is 59.8 Å². The first-order valence-corrected chi connectivity index (χ1v) is 8.39. The third-order valence-corrected chi connectivity index (χ3v) is 5.44. The van der Waals surface area contributed by atoms with Gasteiger partial charge in [0.2, 0.25) is 5.91 Å². The lowest BCUT2D eigenvalue weighted by molar-refractivity contribution is -0.134. The first-order valence-electron chi connectivity index (χ1n) is 8.39. The summed E-state index contributed by atoms with van der Waals surface area (Å²) >= 11 is 0. The van der Waals surface area contributed by atoms with E-state index in [2.05, 4.69) is 37.9 Å². The second kappa shape index (κ2) is 6.46. The van der Waals surface area contributed by atoms with Crippen molar-refractivity contribution in [2.75, 3.05) is 19.6 Å². The van der Waals surface area contributed by atoms with Crippen LogP contribution in [0.4, 0.5) is 0 Å². The molecule has 2 rings (SSSR count). The Morgan fingerprint density at radius 1 is 1.30 bits per heavy atom. The Balaban J connectivity index is 1.86. The van der Waals surface area contributed by atoms with Gasteiger partial charge < -0.3 is 10.2 Å². The molecule has 2 aliphatic rings. The SMILES string of the molecule is CC(CC(=O)N1CCCC(C2CCCN2)C1)C(C)(C)C. The number of carbonyl (C=O) groups is 1. The first kappa shape index (κ1) is 15.8. The first-order chi connectivity index (χ1) is 9.38. The molecule has 0 aromatic carbocycles. The molecule has 2 saturated heterocycles. The highest BCUT2D eigenvalue weighted by atomic mass is 16.2. The number of carbonyl (C=O) groups excluding carboxylic acids is 1. The second-order valence-electron chi connectivity index (χ2n) is 7.92. The molecule has 3 unspecified atom stereocenters. The van der Waals surface area contributed by atoms with Crippen LogP contribution in [0.15, 0.2) is 0 Å². The lowest BCUT2D eigenvalue weighted by Gasteiger charge is -2.37. The number of likely N-dealkylation sites (tertiary alicyclic amines) is 1. The predicted molar refractivity (Wildman–Crippen MR) is 83.6 cm³/mol. The Morgan fingerprint density at radius 3 is 2.65 bits per heavy atom. The van der Waals surface area contributed by atoms with E-state index in [1.54, 1.807) is 0 Å². The molecule has 0 radical (unpaired) electrons. The molecule has 0 aliphatic carbocycles. The Morgan fingerprint density at radius 2 is 2.05 bits per heavy atom. The molecule has 0 spiro atoms. The van der Waals surface area contributed by atoms with Crippen molar-refractivity contribution in [1.82, 2.24) is 10.2 Å². The number of rotatable bonds is 3. The van der Waals surface area contributed by atoms with Crippen molar-refractivity contribution in [1.29, 1.82) is 0 Å². The molecule has 0 bridgehead atoms. The van der Waals surface area contributed by atoms with E-state index in [0.717, 1.165) is 19.6 Å². The summed E-state index contributed by atoms with van der Waals surface area (Å²) in [5.74, 6) is 1.50. The quantitative estimate of drug-likeness (QED) is 0.862. The Kier molecular flexibility index (Phi) is 5.11. The van der Waals surface area contributed by atoms with E-state index in [1.807, 2.05) is 0 Å². The summed E-state index contributed by atoms with van der Waals surface area (Å²) in [6.45, 7) is 12.0. The normalized spacial score (nSPS) is 29.5. The van der Waals surface area contributed by atoms with Gasteiger partial charge in [0.15, 0.2) is 0 Å². The molecule has 20 heavy (non-hydrogen) atoms. The minimum absolute atomic E-state index is 0.220. The van der Waals surface area contributed by atoms with Crippen LogP contribution in [0.3, 0.4) is 0 Å². The Hall–Kier alpha value is -0.570. The molecule has 2 aliphatic heterocycles. The summed E-state index contributed by atoms with van der Waals surface area (Å²) < 4.78 is 0. The number of hydrogen-bond acceptors (Lipinski definition) is 2. The van der Waals surface area contributed by atoms with Gasteiger partial charge >= 0.3 is 0 Å². The van der Waals surface area contributed by atoms with E-state index < -0.39 is 0 Å². The predicted octanol–water partition coefficient (Wildman–Crippen LogP) is 3.05. The van der Waals surface area contributed by atoms with Crippen LogP contribution in [-0.4, -0.2) is 36.5 Å². The van der Waals surface area contributed by atoms with E-state index in [-0.39, 0.29) is 5.41 Å². The molecule has 1 N–H and O–H groups in total. The standard InChI is InChI=1S/C17H32N2O/c1-13(17(2,3)4)11-16(20)19-10-6-7-14(12-19)15-8-5-9-18-15/h13-15,18H,5-12H2,1-4H3. The van der Waals surface area contributed by atoms with Crippen LogP contribution in [0.5, 0.6) is 0 Å². The molecular weight excluding hydrogens is 248 g/mol. The topological polar surface area (TPSA) is 32.3 Å². The van der Waals surface area contributed by atoms with Crippen LogP contribution in [0.2, 0.25) is 0 Å². The highest BCUT2D eigenvalue weighted by Gasteiger charge is 2.32. The highest BCUT2D eigenvalue weighted by Crippen LogP contribution is 2.30. The molecule has 3 atom stereocenters. The Bertz CT molecular complexity index is 328. The van der Waals surface area contributed by atoms with Crippen LogP contribution >= 0.6 is 0 Å². The summed E-state index contributed by atoms with van der Waals surface area (Å²) in [6.07, 6.45) is 5.77. The van der Waals surface area contributed by atoms with E-state index in [1.165, 1.54) is 25.7 Å². The van der Waals surface area contributed by atoms with Crippen LogP contribution in [0, 0.1) is 17.3 Å². The number of piperidine rings is 1. The number of nitrogens with one attached hydrogen (secondary N) is 1. The molecule has 0 aromatic heterocycles. The van der Waals surface area contributed by atoms with Gasteiger partial charge in [0.25, 0.3) is 0 Å². The van der Waals surface area contributed by atoms with Gasteiger partial charge in [0.1, 0.15) is 0 Å².